The maximum atomic E-state index is 5.23. The van der Waals surface area contributed by atoms with E-state index in [-0.39, 0.29) is 0 Å². The lowest BCUT2D eigenvalue weighted by atomic mass is 10.2. The number of pyridine rings is 1. The van der Waals surface area contributed by atoms with Gasteiger partial charge in [0.25, 0.3) is 0 Å². The molecule has 0 aliphatic carbocycles. The zero-order valence-electron chi connectivity index (χ0n) is 12.7. The summed E-state index contributed by atoms with van der Waals surface area (Å²) in [5.41, 5.74) is 2.09. The van der Waals surface area contributed by atoms with Crippen molar-refractivity contribution in [3.05, 3.63) is 23.9 Å². The third-order valence-electron chi connectivity index (χ3n) is 3.93. The SMILES string of the molecule is COCCN(CC1CCCN1)c1nc2cc(C)ccn2n1. The molecule has 3 heterocycles. The summed E-state index contributed by atoms with van der Waals surface area (Å²) in [6, 6.07) is 4.62. The largest absolute Gasteiger partial charge is 0.383 e. The van der Waals surface area contributed by atoms with Crippen LogP contribution in [0.3, 0.4) is 0 Å². The molecule has 1 aliphatic heterocycles. The summed E-state index contributed by atoms with van der Waals surface area (Å²) in [6.45, 7) is 5.60. The Balaban J connectivity index is 1.81. The lowest BCUT2D eigenvalue weighted by Gasteiger charge is -2.24. The van der Waals surface area contributed by atoms with Gasteiger partial charge in [0.1, 0.15) is 0 Å². The summed E-state index contributed by atoms with van der Waals surface area (Å²) in [5, 5.41) is 8.13. The highest BCUT2D eigenvalue weighted by Gasteiger charge is 2.20. The highest BCUT2D eigenvalue weighted by molar-refractivity contribution is 5.46. The van der Waals surface area contributed by atoms with E-state index in [0.717, 1.165) is 31.2 Å². The zero-order valence-corrected chi connectivity index (χ0v) is 12.7. The summed E-state index contributed by atoms with van der Waals surface area (Å²) in [4.78, 5) is 6.88. The molecule has 0 radical (unpaired) electrons. The lowest BCUT2D eigenvalue weighted by Crippen LogP contribution is -2.39. The number of hydrogen-bond donors (Lipinski definition) is 1. The molecule has 1 unspecified atom stereocenters. The van der Waals surface area contributed by atoms with Crippen molar-refractivity contribution < 1.29 is 4.74 Å². The van der Waals surface area contributed by atoms with Crippen molar-refractivity contribution in [2.24, 2.45) is 0 Å². The van der Waals surface area contributed by atoms with E-state index in [9.17, 15) is 0 Å². The zero-order chi connectivity index (χ0) is 14.7. The molecule has 0 bridgehead atoms. The van der Waals surface area contributed by atoms with Gasteiger partial charge < -0.3 is 15.0 Å². The molecule has 0 spiro atoms. The molecule has 2 aromatic heterocycles. The summed E-state index contributed by atoms with van der Waals surface area (Å²) >= 11 is 0. The third kappa shape index (κ3) is 3.33. The number of ether oxygens (including phenoxy) is 1. The predicted octanol–water partition coefficient (Wildman–Crippen LogP) is 1.24. The number of aryl methyl sites for hydroxylation is 1. The average molecular weight is 289 g/mol. The first-order chi connectivity index (χ1) is 10.3. The predicted molar refractivity (Wildman–Crippen MR) is 82.8 cm³/mol. The Bertz CT molecular complexity index is 591. The molecule has 114 valence electrons. The molecule has 1 aliphatic rings. The number of hydrogen-bond acceptors (Lipinski definition) is 5. The van der Waals surface area contributed by atoms with Crippen molar-refractivity contribution in [2.75, 3.05) is 38.3 Å². The van der Waals surface area contributed by atoms with E-state index in [1.807, 2.05) is 16.8 Å². The van der Waals surface area contributed by atoms with Crippen molar-refractivity contribution in [3.63, 3.8) is 0 Å². The first-order valence-corrected chi connectivity index (χ1v) is 7.56. The number of fused-ring (bicyclic) bond motifs is 1. The molecule has 1 atom stereocenters. The number of aromatic nitrogens is 3. The number of nitrogens with zero attached hydrogens (tertiary/aromatic N) is 4. The van der Waals surface area contributed by atoms with Gasteiger partial charge in [0.05, 0.1) is 6.61 Å². The molecule has 1 N–H and O–H groups in total. The Morgan fingerprint density at radius 3 is 3.19 bits per heavy atom. The van der Waals surface area contributed by atoms with Crippen LogP contribution in [0.25, 0.3) is 5.65 Å². The van der Waals surface area contributed by atoms with Gasteiger partial charge in [-0.1, -0.05) is 0 Å². The second-order valence-electron chi connectivity index (χ2n) is 5.65. The van der Waals surface area contributed by atoms with Gasteiger partial charge in [-0.05, 0) is 44.0 Å². The second kappa shape index (κ2) is 6.41. The van der Waals surface area contributed by atoms with Gasteiger partial charge in [0.2, 0.25) is 5.95 Å². The quantitative estimate of drug-likeness (QED) is 0.867. The van der Waals surface area contributed by atoms with Crippen molar-refractivity contribution in [1.29, 1.82) is 0 Å². The number of nitrogens with one attached hydrogen (secondary N) is 1. The molecule has 2 aromatic rings. The van der Waals surface area contributed by atoms with Crippen LogP contribution >= 0.6 is 0 Å². The van der Waals surface area contributed by atoms with Gasteiger partial charge in [-0.2, -0.15) is 4.98 Å². The Labute approximate surface area is 125 Å². The van der Waals surface area contributed by atoms with Gasteiger partial charge in [0, 0.05) is 32.4 Å². The Morgan fingerprint density at radius 1 is 1.52 bits per heavy atom. The van der Waals surface area contributed by atoms with Gasteiger partial charge in [-0.15, -0.1) is 5.10 Å². The summed E-state index contributed by atoms with van der Waals surface area (Å²) in [5.74, 6) is 0.784. The van der Waals surface area contributed by atoms with Crippen LogP contribution in [0, 0.1) is 6.92 Å². The fourth-order valence-corrected chi connectivity index (χ4v) is 2.76. The van der Waals surface area contributed by atoms with Gasteiger partial charge in [-0.3, -0.25) is 0 Å². The monoisotopic (exact) mass is 289 g/mol. The third-order valence-corrected chi connectivity index (χ3v) is 3.93. The van der Waals surface area contributed by atoms with Crippen LogP contribution in [-0.4, -0.2) is 54.0 Å². The van der Waals surface area contributed by atoms with E-state index < -0.39 is 0 Å². The highest BCUT2D eigenvalue weighted by Crippen LogP contribution is 2.15. The molecule has 3 rings (SSSR count). The molecular weight excluding hydrogens is 266 g/mol. The van der Waals surface area contributed by atoms with Crippen LogP contribution in [0.2, 0.25) is 0 Å². The van der Waals surface area contributed by atoms with Crippen molar-refractivity contribution in [3.8, 4) is 0 Å². The summed E-state index contributed by atoms with van der Waals surface area (Å²) < 4.78 is 7.06. The minimum Gasteiger partial charge on any atom is -0.383 e. The fourth-order valence-electron chi connectivity index (χ4n) is 2.76. The molecule has 21 heavy (non-hydrogen) atoms. The van der Waals surface area contributed by atoms with E-state index in [4.69, 9.17) is 4.74 Å². The first kappa shape index (κ1) is 14.3. The number of methoxy groups -OCH3 is 1. The number of rotatable bonds is 6. The molecule has 0 saturated carbocycles. The topological polar surface area (TPSA) is 54.7 Å². The van der Waals surface area contributed by atoms with Gasteiger partial charge >= 0.3 is 0 Å². The maximum absolute atomic E-state index is 5.23. The molecule has 0 amide bonds. The lowest BCUT2D eigenvalue weighted by molar-refractivity contribution is 0.204. The van der Waals surface area contributed by atoms with Crippen LogP contribution in [0.15, 0.2) is 18.3 Å². The Kier molecular flexibility index (Phi) is 4.36. The van der Waals surface area contributed by atoms with Crippen LogP contribution in [-0.2, 0) is 4.74 Å². The van der Waals surface area contributed by atoms with Crippen LogP contribution in [0.1, 0.15) is 18.4 Å². The van der Waals surface area contributed by atoms with Crippen molar-refractivity contribution >= 4 is 11.6 Å². The molecular formula is C15H23N5O. The van der Waals surface area contributed by atoms with Gasteiger partial charge in [-0.25, -0.2) is 4.52 Å². The van der Waals surface area contributed by atoms with E-state index in [2.05, 4.69) is 33.3 Å². The minimum absolute atomic E-state index is 0.523. The van der Waals surface area contributed by atoms with Crippen molar-refractivity contribution in [2.45, 2.75) is 25.8 Å². The van der Waals surface area contributed by atoms with E-state index in [1.54, 1.807) is 7.11 Å². The van der Waals surface area contributed by atoms with E-state index >= 15 is 0 Å². The highest BCUT2D eigenvalue weighted by atomic mass is 16.5. The first-order valence-electron chi connectivity index (χ1n) is 7.56. The molecule has 6 heteroatoms. The van der Waals surface area contributed by atoms with Crippen LogP contribution in [0.4, 0.5) is 5.95 Å². The molecule has 0 aromatic carbocycles. The van der Waals surface area contributed by atoms with Crippen molar-refractivity contribution in [1.82, 2.24) is 19.9 Å². The Morgan fingerprint density at radius 2 is 2.43 bits per heavy atom. The standard InChI is InChI=1S/C15H23N5O/c1-12-5-7-20-14(10-12)17-15(18-20)19(8-9-21-2)11-13-4-3-6-16-13/h5,7,10,13,16H,3-4,6,8-9,11H2,1-2H3. The number of anilines is 1. The summed E-state index contributed by atoms with van der Waals surface area (Å²) in [7, 11) is 1.73. The minimum atomic E-state index is 0.523. The molecule has 1 saturated heterocycles. The second-order valence-corrected chi connectivity index (χ2v) is 5.65. The van der Waals surface area contributed by atoms with Crippen LogP contribution in [0.5, 0.6) is 0 Å². The average Bonchev–Trinajstić information content (AvgIpc) is 3.11. The normalized spacial score (nSPS) is 18.5. The Hall–Kier alpha value is -1.66. The van der Waals surface area contributed by atoms with E-state index in [1.165, 1.54) is 18.4 Å². The molecule has 1 fully saturated rings. The smallest absolute Gasteiger partial charge is 0.245 e. The fraction of sp³-hybridized carbons (Fsp3) is 0.600. The summed E-state index contributed by atoms with van der Waals surface area (Å²) in [6.07, 6.45) is 4.43. The maximum Gasteiger partial charge on any atom is 0.245 e. The van der Waals surface area contributed by atoms with Crippen LogP contribution < -0.4 is 10.2 Å². The van der Waals surface area contributed by atoms with E-state index in [0.29, 0.717) is 12.6 Å². The molecule has 6 nitrogen and oxygen atoms in total. The van der Waals surface area contributed by atoms with Gasteiger partial charge in [0.15, 0.2) is 5.65 Å².